The second kappa shape index (κ2) is 9.74. The third kappa shape index (κ3) is 4.38. The van der Waals surface area contributed by atoms with Gasteiger partial charge in [0.2, 0.25) is 5.91 Å². The number of rotatable bonds is 5. The molecule has 3 heterocycles. The standard InChI is InChI=1S/C30H26FN5O2S/c1-17-5-4-6-20(13-17)27-26(34-29(37)28-19(3)32-16-39-28)18(2)30(38)35(27)24-11-12-25-21(14-24)15-33-36(25)23-9-7-22(31)8-10-23/h4-16,18,26-27H,1-3H3,(H,34,37). The Hall–Kier alpha value is -4.37. The maximum Gasteiger partial charge on any atom is 0.263 e. The average molecular weight is 540 g/mol. The van der Waals surface area contributed by atoms with Gasteiger partial charge < -0.3 is 10.2 Å². The van der Waals surface area contributed by atoms with Gasteiger partial charge in [0, 0.05) is 11.1 Å². The Balaban J connectivity index is 1.41. The molecule has 5 aromatic rings. The van der Waals surface area contributed by atoms with E-state index in [-0.39, 0.29) is 17.6 Å². The number of benzene rings is 3. The first-order valence-corrected chi connectivity index (χ1v) is 13.5. The third-order valence-electron chi connectivity index (χ3n) is 7.32. The van der Waals surface area contributed by atoms with E-state index in [9.17, 15) is 14.0 Å². The summed E-state index contributed by atoms with van der Waals surface area (Å²) in [7, 11) is 0. The lowest BCUT2D eigenvalue weighted by atomic mass is 9.93. The van der Waals surface area contributed by atoms with Gasteiger partial charge in [-0.05, 0) is 61.9 Å². The Morgan fingerprint density at radius 1 is 1.03 bits per heavy atom. The van der Waals surface area contributed by atoms with Crippen LogP contribution in [0.15, 0.2) is 78.4 Å². The Morgan fingerprint density at radius 2 is 1.79 bits per heavy atom. The number of thiazole rings is 1. The van der Waals surface area contributed by atoms with Crippen molar-refractivity contribution in [2.24, 2.45) is 5.92 Å². The molecule has 2 aromatic heterocycles. The van der Waals surface area contributed by atoms with Gasteiger partial charge in [-0.1, -0.05) is 36.8 Å². The molecule has 1 aliphatic heterocycles. The Bertz CT molecular complexity index is 1710. The Kier molecular flexibility index (Phi) is 6.23. The van der Waals surface area contributed by atoms with Crippen molar-refractivity contribution in [2.45, 2.75) is 32.9 Å². The highest BCUT2D eigenvalue weighted by atomic mass is 32.1. The Morgan fingerprint density at radius 3 is 2.51 bits per heavy atom. The number of amides is 2. The number of fused-ring (bicyclic) bond motifs is 1. The number of carbonyl (C=O) groups excluding carboxylic acids is 2. The van der Waals surface area contributed by atoms with E-state index in [0.29, 0.717) is 10.6 Å². The molecule has 1 N–H and O–H groups in total. The van der Waals surface area contributed by atoms with Gasteiger partial charge in [0.1, 0.15) is 10.7 Å². The molecule has 39 heavy (non-hydrogen) atoms. The van der Waals surface area contributed by atoms with Gasteiger partial charge in [-0.2, -0.15) is 5.10 Å². The Labute approximate surface area is 228 Å². The molecule has 3 unspecified atom stereocenters. The summed E-state index contributed by atoms with van der Waals surface area (Å²) in [5.41, 5.74) is 6.63. The molecule has 1 aliphatic rings. The molecule has 2 amide bonds. The van der Waals surface area contributed by atoms with Gasteiger partial charge in [-0.3, -0.25) is 9.59 Å². The lowest BCUT2D eigenvalue weighted by Gasteiger charge is -2.29. The molecule has 0 radical (unpaired) electrons. The summed E-state index contributed by atoms with van der Waals surface area (Å²) in [6.07, 6.45) is 1.74. The number of nitrogens with one attached hydrogen (secondary N) is 1. The van der Waals surface area contributed by atoms with Crippen LogP contribution in [0.25, 0.3) is 16.6 Å². The van der Waals surface area contributed by atoms with Crippen LogP contribution in [0.1, 0.15) is 39.5 Å². The first kappa shape index (κ1) is 24.9. The van der Waals surface area contributed by atoms with E-state index in [1.807, 2.05) is 50.2 Å². The zero-order chi connectivity index (χ0) is 27.3. The lowest BCUT2D eigenvalue weighted by molar-refractivity contribution is -0.120. The van der Waals surface area contributed by atoms with Crippen molar-refractivity contribution in [3.8, 4) is 5.69 Å². The molecule has 9 heteroatoms. The molecule has 3 aromatic carbocycles. The molecular formula is C30H26FN5O2S. The van der Waals surface area contributed by atoms with Gasteiger partial charge in [0.25, 0.3) is 5.91 Å². The number of hydrogen-bond acceptors (Lipinski definition) is 5. The second-order valence-corrected chi connectivity index (χ2v) is 10.8. The fourth-order valence-electron chi connectivity index (χ4n) is 5.34. The third-order valence-corrected chi connectivity index (χ3v) is 8.25. The monoisotopic (exact) mass is 539 g/mol. The van der Waals surface area contributed by atoms with Gasteiger partial charge in [0.15, 0.2) is 0 Å². The SMILES string of the molecule is Cc1cccc(C2C(NC(=O)c3scnc3C)C(C)C(=O)N2c2ccc3c(cnn3-c3ccc(F)cc3)c2)c1. The minimum Gasteiger partial charge on any atom is -0.345 e. The minimum absolute atomic E-state index is 0.0712. The van der Waals surface area contributed by atoms with Gasteiger partial charge >= 0.3 is 0 Å². The van der Waals surface area contributed by atoms with Crippen molar-refractivity contribution < 1.29 is 14.0 Å². The highest BCUT2D eigenvalue weighted by Crippen LogP contribution is 2.41. The summed E-state index contributed by atoms with van der Waals surface area (Å²) in [4.78, 5) is 33.6. The van der Waals surface area contributed by atoms with Gasteiger partial charge in [-0.15, -0.1) is 11.3 Å². The van der Waals surface area contributed by atoms with Gasteiger partial charge in [-0.25, -0.2) is 14.1 Å². The maximum atomic E-state index is 13.8. The predicted octanol–water partition coefficient (Wildman–Crippen LogP) is 5.76. The molecule has 0 saturated carbocycles. The molecule has 0 spiro atoms. The molecule has 196 valence electrons. The number of hydrogen-bond donors (Lipinski definition) is 1. The fraction of sp³-hybridized carbons (Fsp3) is 0.200. The quantitative estimate of drug-likeness (QED) is 0.308. The summed E-state index contributed by atoms with van der Waals surface area (Å²) < 4.78 is 15.2. The molecule has 7 nitrogen and oxygen atoms in total. The smallest absolute Gasteiger partial charge is 0.263 e. The minimum atomic E-state index is -0.453. The van der Waals surface area contributed by atoms with Crippen molar-refractivity contribution in [1.29, 1.82) is 0 Å². The average Bonchev–Trinajstić information content (AvgIpc) is 3.61. The van der Waals surface area contributed by atoms with Crippen LogP contribution in [-0.4, -0.2) is 32.6 Å². The number of carbonyl (C=O) groups is 2. The fourth-order valence-corrected chi connectivity index (χ4v) is 6.05. The lowest BCUT2D eigenvalue weighted by Crippen LogP contribution is -2.42. The van der Waals surface area contributed by atoms with Crippen LogP contribution in [0.2, 0.25) is 0 Å². The predicted molar refractivity (Wildman–Crippen MR) is 150 cm³/mol. The summed E-state index contributed by atoms with van der Waals surface area (Å²) in [6, 6.07) is 19.1. The molecule has 3 atom stereocenters. The van der Waals surface area contributed by atoms with Crippen LogP contribution < -0.4 is 10.2 Å². The molecule has 0 bridgehead atoms. The van der Waals surface area contributed by atoms with Crippen LogP contribution in [0.4, 0.5) is 10.1 Å². The highest BCUT2D eigenvalue weighted by molar-refractivity contribution is 7.11. The normalized spacial score (nSPS) is 19.1. The number of aromatic nitrogens is 3. The number of anilines is 1. The largest absolute Gasteiger partial charge is 0.345 e. The molecular weight excluding hydrogens is 513 g/mol. The highest BCUT2D eigenvalue weighted by Gasteiger charge is 2.48. The van der Waals surface area contributed by atoms with E-state index < -0.39 is 18.0 Å². The van der Waals surface area contributed by atoms with E-state index in [4.69, 9.17) is 0 Å². The number of nitrogens with zero attached hydrogens (tertiary/aromatic N) is 4. The van der Waals surface area contributed by atoms with Crippen molar-refractivity contribution in [1.82, 2.24) is 20.1 Å². The van der Waals surface area contributed by atoms with E-state index in [1.165, 1.54) is 23.5 Å². The van der Waals surface area contributed by atoms with Crippen molar-refractivity contribution in [3.05, 3.63) is 106 Å². The van der Waals surface area contributed by atoms with E-state index in [2.05, 4.69) is 21.5 Å². The zero-order valence-corrected chi connectivity index (χ0v) is 22.4. The van der Waals surface area contributed by atoms with Crippen molar-refractivity contribution in [2.75, 3.05) is 4.90 Å². The molecule has 1 saturated heterocycles. The zero-order valence-electron chi connectivity index (χ0n) is 21.6. The van der Waals surface area contributed by atoms with Crippen LogP contribution >= 0.6 is 11.3 Å². The van der Waals surface area contributed by atoms with Crippen LogP contribution in [0, 0.1) is 25.6 Å². The van der Waals surface area contributed by atoms with Gasteiger partial charge in [0.05, 0.1) is 46.6 Å². The van der Waals surface area contributed by atoms with Crippen molar-refractivity contribution in [3.63, 3.8) is 0 Å². The molecule has 1 fully saturated rings. The van der Waals surface area contributed by atoms with Crippen LogP contribution in [0.3, 0.4) is 0 Å². The second-order valence-electron chi connectivity index (χ2n) is 9.90. The topological polar surface area (TPSA) is 80.1 Å². The van der Waals surface area contributed by atoms with E-state index in [0.717, 1.165) is 33.4 Å². The van der Waals surface area contributed by atoms with Crippen LogP contribution in [0.5, 0.6) is 0 Å². The number of aryl methyl sites for hydroxylation is 2. The van der Waals surface area contributed by atoms with E-state index in [1.54, 1.807) is 40.3 Å². The van der Waals surface area contributed by atoms with Crippen molar-refractivity contribution >= 4 is 39.7 Å². The van der Waals surface area contributed by atoms with E-state index >= 15 is 0 Å². The molecule has 0 aliphatic carbocycles. The molecule has 6 rings (SSSR count). The maximum absolute atomic E-state index is 13.8. The summed E-state index contributed by atoms with van der Waals surface area (Å²) in [6.45, 7) is 5.68. The first-order chi connectivity index (χ1) is 18.8. The summed E-state index contributed by atoms with van der Waals surface area (Å²) >= 11 is 1.29. The summed E-state index contributed by atoms with van der Waals surface area (Å²) in [5.74, 6) is -1.06. The number of halogens is 1. The van der Waals surface area contributed by atoms with Crippen LogP contribution in [-0.2, 0) is 4.79 Å². The first-order valence-electron chi connectivity index (χ1n) is 12.7. The summed E-state index contributed by atoms with van der Waals surface area (Å²) in [5, 5.41) is 8.51.